The topological polar surface area (TPSA) is 61.4 Å². The number of hydrogen-bond acceptors (Lipinski definition) is 6. The summed E-state index contributed by atoms with van der Waals surface area (Å²) in [5, 5.41) is 6.11. The first-order valence-corrected chi connectivity index (χ1v) is 9.15. The number of rotatable bonds is 6. The fourth-order valence-electron chi connectivity index (χ4n) is 2.79. The zero-order valence-electron chi connectivity index (χ0n) is 13.9. The van der Waals surface area contributed by atoms with E-state index in [9.17, 15) is 4.79 Å². The van der Waals surface area contributed by atoms with Crippen molar-refractivity contribution in [1.29, 1.82) is 0 Å². The number of carbonyl (C=O) groups is 1. The molecule has 2 aromatic heterocycles. The molecule has 0 aliphatic carbocycles. The van der Waals surface area contributed by atoms with Crippen molar-refractivity contribution in [3.63, 3.8) is 0 Å². The van der Waals surface area contributed by atoms with E-state index in [1.165, 1.54) is 0 Å². The number of carbonyl (C=O) groups excluding carboxylic acids is 1. The number of aryl methyl sites for hydroxylation is 1. The Balaban J connectivity index is 1.35. The highest BCUT2D eigenvalue weighted by Gasteiger charge is 2.19. The Morgan fingerprint density at radius 1 is 1.29 bits per heavy atom. The molecule has 0 atom stereocenters. The van der Waals surface area contributed by atoms with Crippen LogP contribution in [0.5, 0.6) is 0 Å². The van der Waals surface area contributed by atoms with Gasteiger partial charge in [0.25, 0.3) is 0 Å². The summed E-state index contributed by atoms with van der Waals surface area (Å²) in [5.74, 6) is 1.10. The van der Waals surface area contributed by atoms with Crippen molar-refractivity contribution in [3.8, 4) is 0 Å². The van der Waals surface area contributed by atoms with Crippen LogP contribution >= 0.6 is 11.3 Å². The summed E-state index contributed by atoms with van der Waals surface area (Å²) in [6.07, 6.45) is 2.61. The molecule has 1 N–H and O–H groups in total. The molecule has 1 saturated heterocycles. The van der Waals surface area contributed by atoms with E-state index in [-0.39, 0.29) is 5.91 Å². The second-order valence-corrected chi connectivity index (χ2v) is 6.97. The first-order chi connectivity index (χ1) is 11.7. The predicted molar refractivity (Wildman–Crippen MR) is 96.5 cm³/mol. The lowest BCUT2D eigenvalue weighted by Crippen LogP contribution is -2.49. The third kappa shape index (κ3) is 4.75. The molecule has 24 heavy (non-hydrogen) atoms. The standard InChI is InChI=1S/C17H23N5OS/c1-14-20-15(13-24-14)5-7-19-17(23)12-21-8-10-22(11-9-21)16-4-2-3-6-18-16/h2-4,6,13H,5,7-12H2,1H3,(H,19,23). The van der Waals surface area contributed by atoms with Gasteiger partial charge in [0.1, 0.15) is 5.82 Å². The number of anilines is 1. The Hall–Kier alpha value is -1.99. The van der Waals surface area contributed by atoms with Crippen molar-refractivity contribution in [2.45, 2.75) is 13.3 Å². The molecule has 1 aliphatic heterocycles. The molecule has 0 bridgehead atoms. The molecule has 0 aromatic carbocycles. The number of nitrogens with one attached hydrogen (secondary N) is 1. The van der Waals surface area contributed by atoms with Gasteiger partial charge in [0.2, 0.25) is 5.91 Å². The van der Waals surface area contributed by atoms with Crippen molar-refractivity contribution >= 4 is 23.1 Å². The maximum atomic E-state index is 12.1. The van der Waals surface area contributed by atoms with Crippen molar-refractivity contribution in [2.24, 2.45) is 0 Å². The summed E-state index contributed by atoms with van der Waals surface area (Å²) in [6.45, 7) is 6.69. The fraction of sp³-hybridized carbons (Fsp3) is 0.471. The highest BCUT2D eigenvalue weighted by atomic mass is 32.1. The van der Waals surface area contributed by atoms with Crippen LogP contribution in [0.2, 0.25) is 0 Å². The second-order valence-electron chi connectivity index (χ2n) is 5.91. The maximum absolute atomic E-state index is 12.1. The summed E-state index contributed by atoms with van der Waals surface area (Å²) in [4.78, 5) is 25.3. The minimum absolute atomic E-state index is 0.0910. The lowest BCUT2D eigenvalue weighted by Gasteiger charge is -2.34. The summed E-state index contributed by atoms with van der Waals surface area (Å²) < 4.78 is 0. The van der Waals surface area contributed by atoms with Gasteiger partial charge >= 0.3 is 0 Å². The number of hydrogen-bond donors (Lipinski definition) is 1. The molecular weight excluding hydrogens is 322 g/mol. The van der Waals surface area contributed by atoms with E-state index >= 15 is 0 Å². The smallest absolute Gasteiger partial charge is 0.234 e. The summed E-state index contributed by atoms with van der Waals surface area (Å²) in [6, 6.07) is 5.96. The largest absolute Gasteiger partial charge is 0.355 e. The maximum Gasteiger partial charge on any atom is 0.234 e. The molecule has 0 spiro atoms. The molecule has 3 heterocycles. The third-order valence-electron chi connectivity index (χ3n) is 4.08. The Morgan fingerprint density at radius 2 is 2.12 bits per heavy atom. The van der Waals surface area contributed by atoms with Crippen LogP contribution in [-0.4, -0.2) is 60.0 Å². The molecule has 6 nitrogen and oxygen atoms in total. The fourth-order valence-corrected chi connectivity index (χ4v) is 3.44. The molecule has 1 aliphatic rings. The van der Waals surface area contributed by atoms with E-state index in [2.05, 4.69) is 30.5 Å². The normalized spacial score (nSPS) is 15.5. The molecule has 2 aromatic rings. The third-order valence-corrected chi connectivity index (χ3v) is 4.90. The number of amides is 1. The predicted octanol–water partition coefficient (Wildman–Crippen LogP) is 1.33. The number of nitrogens with zero attached hydrogens (tertiary/aromatic N) is 4. The van der Waals surface area contributed by atoms with E-state index in [1.54, 1.807) is 11.3 Å². The number of aromatic nitrogens is 2. The molecule has 3 rings (SSSR count). The molecule has 0 radical (unpaired) electrons. The molecule has 0 saturated carbocycles. The Morgan fingerprint density at radius 3 is 2.79 bits per heavy atom. The first kappa shape index (κ1) is 16.9. The van der Waals surface area contributed by atoms with E-state index < -0.39 is 0 Å². The molecule has 128 valence electrons. The van der Waals surface area contributed by atoms with Gasteiger partial charge in [-0.15, -0.1) is 11.3 Å². The monoisotopic (exact) mass is 345 g/mol. The zero-order valence-corrected chi connectivity index (χ0v) is 14.8. The van der Waals surface area contributed by atoms with Crippen LogP contribution < -0.4 is 10.2 Å². The SMILES string of the molecule is Cc1nc(CCNC(=O)CN2CCN(c3ccccn3)CC2)cs1. The minimum Gasteiger partial charge on any atom is -0.355 e. The first-order valence-electron chi connectivity index (χ1n) is 8.27. The summed E-state index contributed by atoms with van der Waals surface area (Å²) in [7, 11) is 0. The average molecular weight is 345 g/mol. The molecule has 7 heteroatoms. The second kappa shape index (κ2) is 8.21. The van der Waals surface area contributed by atoms with E-state index in [0.717, 1.165) is 49.1 Å². The van der Waals surface area contributed by atoms with Gasteiger partial charge in [-0.3, -0.25) is 9.69 Å². The molecule has 1 amide bonds. The summed E-state index contributed by atoms with van der Waals surface area (Å²) >= 11 is 1.65. The summed E-state index contributed by atoms with van der Waals surface area (Å²) in [5.41, 5.74) is 1.06. The van der Waals surface area contributed by atoms with Gasteiger partial charge in [0.15, 0.2) is 0 Å². The van der Waals surface area contributed by atoms with Gasteiger partial charge in [-0.1, -0.05) is 6.07 Å². The average Bonchev–Trinajstić information content (AvgIpc) is 3.02. The zero-order chi connectivity index (χ0) is 16.8. The van der Waals surface area contributed by atoms with Crippen LogP contribution in [0.4, 0.5) is 5.82 Å². The number of thiazole rings is 1. The van der Waals surface area contributed by atoms with Gasteiger partial charge < -0.3 is 10.2 Å². The van der Waals surface area contributed by atoms with Crippen LogP contribution in [0.3, 0.4) is 0 Å². The highest BCUT2D eigenvalue weighted by molar-refractivity contribution is 7.09. The number of piperazine rings is 1. The molecular formula is C17H23N5OS. The van der Waals surface area contributed by atoms with Crippen molar-refractivity contribution in [3.05, 3.63) is 40.5 Å². The Bertz CT molecular complexity index is 652. The van der Waals surface area contributed by atoms with E-state index in [0.29, 0.717) is 13.1 Å². The molecule has 1 fully saturated rings. The highest BCUT2D eigenvalue weighted by Crippen LogP contribution is 2.12. The number of pyridine rings is 1. The van der Waals surface area contributed by atoms with Crippen LogP contribution in [0.15, 0.2) is 29.8 Å². The lowest BCUT2D eigenvalue weighted by atomic mass is 10.3. The van der Waals surface area contributed by atoms with Gasteiger partial charge in [-0.25, -0.2) is 9.97 Å². The van der Waals surface area contributed by atoms with Gasteiger partial charge in [-0.2, -0.15) is 0 Å². The van der Waals surface area contributed by atoms with Crippen LogP contribution in [0.1, 0.15) is 10.7 Å². The molecule has 0 unspecified atom stereocenters. The van der Waals surface area contributed by atoms with Crippen LogP contribution in [0, 0.1) is 6.92 Å². The van der Waals surface area contributed by atoms with Crippen molar-refractivity contribution in [2.75, 3.05) is 44.2 Å². The van der Waals surface area contributed by atoms with Crippen molar-refractivity contribution < 1.29 is 4.79 Å². The van der Waals surface area contributed by atoms with Crippen LogP contribution in [0.25, 0.3) is 0 Å². The minimum atomic E-state index is 0.0910. The van der Waals surface area contributed by atoms with Crippen molar-refractivity contribution in [1.82, 2.24) is 20.2 Å². The Labute approximate surface area is 146 Å². The van der Waals surface area contributed by atoms with E-state index in [1.807, 2.05) is 31.3 Å². The van der Waals surface area contributed by atoms with Gasteiger partial charge in [0, 0.05) is 50.7 Å². The van der Waals surface area contributed by atoms with Gasteiger partial charge in [0.05, 0.1) is 17.2 Å². The van der Waals surface area contributed by atoms with Crippen LogP contribution in [-0.2, 0) is 11.2 Å². The van der Waals surface area contributed by atoms with Gasteiger partial charge in [-0.05, 0) is 19.1 Å². The van der Waals surface area contributed by atoms with E-state index in [4.69, 9.17) is 0 Å². The Kier molecular flexibility index (Phi) is 5.77. The lowest BCUT2D eigenvalue weighted by molar-refractivity contribution is -0.122. The quantitative estimate of drug-likeness (QED) is 0.856.